The largest absolute Gasteiger partial charge is 0.312 e. The summed E-state index contributed by atoms with van der Waals surface area (Å²) in [5.74, 6) is -0.150. The molecule has 2 aliphatic heterocycles. The quantitative estimate of drug-likeness (QED) is 0.845. The molecule has 1 atom stereocenters. The van der Waals surface area contributed by atoms with Gasteiger partial charge >= 0.3 is 0 Å². The van der Waals surface area contributed by atoms with Crippen LogP contribution in [-0.4, -0.2) is 24.9 Å². The molecule has 1 fully saturated rings. The summed E-state index contributed by atoms with van der Waals surface area (Å²) in [4.78, 5) is 29.2. The van der Waals surface area contributed by atoms with Crippen molar-refractivity contribution in [2.45, 2.75) is 26.2 Å². The van der Waals surface area contributed by atoms with Crippen LogP contribution in [0.3, 0.4) is 0 Å². The molecule has 0 radical (unpaired) electrons. The van der Waals surface area contributed by atoms with E-state index in [0.717, 1.165) is 36.3 Å². The Morgan fingerprint density at radius 3 is 2.64 bits per heavy atom. The summed E-state index contributed by atoms with van der Waals surface area (Å²) in [5.41, 5.74) is 4.28. The van der Waals surface area contributed by atoms with E-state index in [9.17, 15) is 9.59 Å². The molecule has 2 heterocycles. The van der Waals surface area contributed by atoms with Crippen molar-refractivity contribution in [2.75, 3.05) is 22.9 Å². The number of aryl methyl sites for hydroxylation is 2. The average molecular weight is 334 g/mol. The Morgan fingerprint density at radius 2 is 1.84 bits per heavy atom. The summed E-state index contributed by atoms with van der Waals surface area (Å²) in [5, 5.41) is 0. The molecule has 2 amide bonds. The van der Waals surface area contributed by atoms with E-state index in [1.807, 2.05) is 54.3 Å². The SMILES string of the molecule is Cc1ccc(N2C[C@H](C(=O)N3CCCc4ccccc43)CC2=O)cc1. The van der Waals surface area contributed by atoms with Gasteiger partial charge in [-0.1, -0.05) is 35.9 Å². The summed E-state index contributed by atoms with van der Waals surface area (Å²) < 4.78 is 0. The Kier molecular flexibility index (Phi) is 4.04. The predicted molar refractivity (Wildman–Crippen MR) is 98.8 cm³/mol. The van der Waals surface area contributed by atoms with Crippen LogP contribution in [0.15, 0.2) is 48.5 Å². The summed E-state index contributed by atoms with van der Waals surface area (Å²) in [6, 6.07) is 16.0. The number of amides is 2. The number of anilines is 2. The van der Waals surface area contributed by atoms with Crippen LogP contribution in [0.1, 0.15) is 24.0 Å². The van der Waals surface area contributed by atoms with E-state index < -0.39 is 0 Å². The lowest BCUT2D eigenvalue weighted by Gasteiger charge is -2.31. The first-order chi connectivity index (χ1) is 12.1. The third-order valence-corrected chi connectivity index (χ3v) is 5.20. The molecular formula is C21H22N2O2. The van der Waals surface area contributed by atoms with Gasteiger partial charge in [0.2, 0.25) is 11.8 Å². The molecule has 128 valence electrons. The number of para-hydroxylation sites is 1. The fraction of sp³-hybridized carbons (Fsp3) is 0.333. The van der Waals surface area contributed by atoms with E-state index >= 15 is 0 Å². The second kappa shape index (κ2) is 6.36. The fourth-order valence-electron chi connectivity index (χ4n) is 3.83. The van der Waals surface area contributed by atoms with E-state index in [-0.39, 0.29) is 17.7 Å². The number of nitrogens with zero attached hydrogens (tertiary/aromatic N) is 2. The number of hydrogen-bond donors (Lipinski definition) is 0. The van der Waals surface area contributed by atoms with Gasteiger partial charge in [-0.15, -0.1) is 0 Å². The molecule has 2 aromatic rings. The number of fused-ring (bicyclic) bond motifs is 1. The van der Waals surface area contributed by atoms with Crippen LogP contribution in [0.5, 0.6) is 0 Å². The maximum absolute atomic E-state index is 13.1. The van der Waals surface area contributed by atoms with Crippen molar-refractivity contribution in [3.05, 3.63) is 59.7 Å². The standard InChI is InChI=1S/C21H22N2O2/c1-15-8-10-18(11-9-15)23-14-17(13-20(23)24)21(25)22-12-4-6-16-5-2-3-7-19(16)22/h2-3,5,7-11,17H,4,6,12-14H2,1H3/t17-/m1/s1. The number of rotatable bonds is 2. The molecule has 2 aromatic carbocycles. The first kappa shape index (κ1) is 15.9. The smallest absolute Gasteiger partial charge is 0.232 e. The molecule has 4 rings (SSSR count). The predicted octanol–water partition coefficient (Wildman–Crippen LogP) is 3.33. The summed E-state index contributed by atoms with van der Waals surface area (Å²) in [7, 11) is 0. The minimum atomic E-state index is -0.264. The number of hydrogen-bond acceptors (Lipinski definition) is 2. The monoisotopic (exact) mass is 334 g/mol. The van der Waals surface area contributed by atoms with E-state index in [1.165, 1.54) is 5.56 Å². The van der Waals surface area contributed by atoms with Crippen molar-refractivity contribution in [2.24, 2.45) is 5.92 Å². The molecule has 0 aliphatic carbocycles. The van der Waals surface area contributed by atoms with Crippen molar-refractivity contribution in [1.82, 2.24) is 0 Å². The molecule has 0 N–H and O–H groups in total. The van der Waals surface area contributed by atoms with Gasteiger partial charge in [0.1, 0.15) is 0 Å². The van der Waals surface area contributed by atoms with E-state index in [2.05, 4.69) is 6.07 Å². The van der Waals surface area contributed by atoms with Crippen LogP contribution in [0.4, 0.5) is 11.4 Å². The Morgan fingerprint density at radius 1 is 1.08 bits per heavy atom. The van der Waals surface area contributed by atoms with Gasteiger partial charge in [-0.3, -0.25) is 9.59 Å². The fourth-order valence-corrected chi connectivity index (χ4v) is 3.83. The van der Waals surface area contributed by atoms with Gasteiger partial charge in [-0.05, 0) is 43.5 Å². The molecule has 0 aromatic heterocycles. The second-order valence-corrected chi connectivity index (χ2v) is 6.96. The van der Waals surface area contributed by atoms with E-state index in [1.54, 1.807) is 4.90 Å². The lowest BCUT2D eigenvalue weighted by molar-refractivity contribution is -0.124. The molecular weight excluding hydrogens is 312 g/mol. The lowest BCUT2D eigenvalue weighted by Crippen LogP contribution is -2.40. The molecule has 0 unspecified atom stereocenters. The van der Waals surface area contributed by atoms with Gasteiger partial charge in [0.25, 0.3) is 0 Å². The zero-order chi connectivity index (χ0) is 17.4. The molecule has 0 saturated carbocycles. The van der Waals surface area contributed by atoms with Gasteiger partial charge < -0.3 is 9.80 Å². The maximum Gasteiger partial charge on any atom is 0.232 e. The summed E-state index contributed by atoms with van der Waals surface area (Å²) >= 11 is 0. The molecule has 4 nitrogen and oxygen atoms in total. The van der Waals surface area contributed by atoms with Crippen LogP contribution in [-0.2, 0) is 16.0 Å². The van der Waals surface area contributed by atoms with Crippen LogP contribution >= 0.6 is 0 Å². The highest BCUT2D eigenvalue weighted by molar-refractivity contribution is 6.04. The molecule has 25 heavy (non-hydrogen) atoms. The highest BCUT2D eigenvalue weighted by Crippen LogP contribution is 2.31. The van der Waals surface area contributed by atoms with Crippen molar-refractivity contribution in [3.63, 3.8) is 0 Å². The van der Waals surface area contributed by atoms with Crippen molar-refractivity contribution in [3.8, 4) is 0 Å². The third-order valence-electron chi connectivity index (χ3n) is 5.20. The van der Waals surface area contributed by atoms with Crippen molar-refractivity contribution >= 4 is 23.2 Å². The first-order valence-corrected chi connectivity index (χ1v) is 8.90. The number of carbonyl (C=O) groups is 2. The molecule has 1 saturated heterocycles. The molecule has 2 aliphatic rings. The van der Waals surface area contributed by atoms with Crippen LogP contribution in [0.25, 0.3) is 0 Å². The molecule has 4 heteroatoms. The Labute approximate surface area is 148 Å². The minimum Gasteiger partial charge on any atom is -0.312 e. The van der Waals surface area contributed by atoms with Crippen LogP contribution in [0.2, 0.25) is 0 Å². The molecule has 0 spiro atoms. The first-order valence-electron chi connectivity index (χ1n) is 8.90. The normalized spacial score (nSPS) is 19.9. The average Bonchev–Trinajstić information content (AvgIpc) is 3.03. The van der Waals surface area contributed by atoms with Gasteiger partial charge in [0.05, 0.1) is 5.92 Å². The van der Waals surface area contributed by atoms with Crippen molar-refractivity contribution in [1.29, 1.82) is 0 Å². The van der Waals surface area contributed by atoms with E-state index in [4.69, 9.17) is 0 Å². The van der Waals surface area contributed by atoms with Crippen LogP contribution in [0, 0.1) is 12.8 Å². The van der Waals surface area contributed by atoms with Gasteiger partial charge in [0, 0.05) is 30.9 Å². The summed E-state index contributed by atoms with van der Waals surface area (Å²) in [6.07, 6.45) is 2.29. The minimum absolute atomic E-state index is 0.0347. The lowest BCUT2D eigenvalue weighted by atomic mass is 9.99. The highest BCUT2D eigenvalue weighted by atomic mass is 16.2. The Balaban J connectivity index is 1.54. The number of carbonyl (C=O) groups excluding carboxylic acids is 2. The second-order valence-electron chi connectivity index (χ2n) is 6.96. The Hall–Kier alpha value is -2.62. The Bertz CT molecular complexity index is 813. The highest BCUT2D eigenvalue weighted by Gasteiger charge is 2.38. The zero-order valence-corrected chi connectivity index (χ0v) is 14.4. The third kappa shape index (κ3) is 2.93. The van der Waals surface area contributed by atoms with Crippen LogP contribution < -0.4 is 9.80 Å². The number of benzene rings is 2. The van der Waals surface area contributed by atoms with Gasteiger partial charge in [0.15, 0.2) is 0 Å². The van der Waals surface area contributed by atoms with Gasteiger partial charge in [-0.25, -0.2) is 0 Å². The summed E-state index contributed by atoms with van der Waals surface area (Å²) in [6.45, 7) is 3.24. The van der Waals surface area contributed by atoms with Gasteiger partial charge in [-0.2, -0.15) is 0 Å². The topological polar surface area (TPSA) is 40.6 Å². The molecule has 0 bridgehead atoms. The maximum atomic E-state index is 13.1. The van der Waals surface area contributed by atoms with E-state index in [0.29, 0.717) is 13.0 Å². The van der Waals surface area contributed by atoms with Crippen molar-refractivity contribution < 1.29 is 9.59 Å². The zero-order valence-electron chi connectivity index (χ0n) is 14.4.